The molecule has 0 atom stereocenters. The van der Waals surface area contributed by atoms with Gasteiger partial charge in [0.25, 0.3) is 0 Å². The fraction of sp³-hybridized carbons (Fsp3) is 0.250. The summed E-state index contributed by atoms with van der Waals surface area (Å²) in [5.41, 5.74) is 4.20. The average Bonchev–Trinajstić information content (AvgIpc) is 3.10. The van der Waals surface area contributed by atoms with Crippen LogP contribution in [0.2, 0.25) is 0 Å². The minimum absolute atomic E-state index is 0.752. The first-order valence-corrected chi connectivity index (χ1v) is 8.87. The van der Waals surface area contributed by atoms with Crippen molar-refractivity contribution in [1.82, 2.24) is 19.6 Å². The summed E-state index contributed by atoms with van der Waals surface area (Å²) in [7, 11) is 0. The summed E-state index contributed by atoms with van der Waals surface area (Å²) in [4.78, 5) is 11.2. The Morgan fingerprint density at radius 3 is 2.85 bits per heavy atom. The van der Waals surface area contributed by atoms with Crippen molar-refractivity contribution >= 4 is 22.4 Å². The van der Waals surface area contributed by atoms with Gasteiger partial charge in [0.15, 0.2) is 5.65 Å². The molecular formula is C20H19N5O. The number of benzene rings is 1. The molecule has 0 radical (unpaired) electrons. The van der Waals surface area contributed by atoms with E-state index in [1.807, 2.05) is 35.1 Å². The molecule has 0 bridgehead atoms. The summed E-state index contributed by atoms with van der Waals surface area (Å²) in [5.74, 6) is 0.975. The Kier molecular flexibility index (Phi) is 3.75. The van der Waals surface area contributed by atoms with Gasteiger partial charge in [0.05, 0.1) is 30.6 Å². The minimum atomic E-state index is 0.752. The highest BCUT2D eigenvalue weighted by Crippen LogP contribution is 2.19. The number of hydrogen-bond acceptors (Lipinski definition) is 5. The van der Waals surface area contributed by atoms with Gasteiger partial charge in [0, 0.05) is 31.1 Å². The molecule has 26 heavy (non-hydrogen) atoms. The number of hydrogen-bond donors (Lipinski definition) is 0. The molecule has 5 rings (SSSR count). The smallest absolute Gasteiger partial charge is 0.153 e. The molecule has 4 heterocycles. The van der Waals surface area contributed by atoms with E-state index in [2.05, 4.69) is 39.1 Å². The number of imidazole rings is 1. The van der Waals surface area contributed by atoms with Crippen LogP contribution in [0, 0.1) is 0 Å². The summed E-state index contributed by atoms with van der Waals surface area (Å²) >= 11 is 0. The van der Waals surface area contributed by atoms with Gasteiger partial charge in [-0.2, -0.15) is 0 Å². The van der Waals surface area contributed by atoms with E-state index in [9.17, 15) is 0 Å². The van der Waals surface area contributed by atoms with Gasteiger partial charge in [-0.3, -0.25) is 4.98 Å². The van der Waals surface area contributed by atoms with Gasteiger partial charge in [0.2, 0.25) is 0 Å². The number of rotatable bonds is 3. The highest BCUT2D eigenvalue weighted by molar-refractivity contribution is 5.79. The normalized spacial score (nSPS) is 15.0. The fourth-order valence-corrected chi connectivity index (χ4v) is 3.44. The third-order valence-corrected chi connectivity index (χ3v) is 4.81. The first-order valence-electron chi connectivity index (χ1n) is 8.87. The zero-order chi connectivity index (χ0) is 17.3. The predicted octanol–water partition coefficient (Wildman–Crippen LogP) is 2.70. The van der Waals surface area contributed by atoms with Crippen LogP contribution in [-0.4, -0.2) is 45.9 Å². The van der Waals surface area contributed by atoms with E-state index in [-0.39, 0.29) is 0 Å². The zero-order valence-corrected chi connectivity index (χ0v) is 14.4. The molecule has 3 aromatic heterocycles. The fourth-order valence-electron chi connectivity index (χ4n) is 3.44. The Balaban J connectivity index is 1.49. The Hall–Kier alpha value is -2.99. The molecule has 0 aliphatic carbocycles. The van der Waals surface area contributed by atoms with E-state index in [0.717, 1.165) is 60.8 Å². The minimum Gasteiger partial charge on any atom is -0.378 e. The van der Waals surface area contributed by atoms with Crippen molar-refractivity contribution in [3.8, 4) is 0 Å². The average molecular weight is 345 g/mol. The zero-order valence-electron chi connectivity index (χ0n) is 14.4. The monoisotopic (exact) mass is 345 g/mol. The Labute approximate surface area is 151 Å². The molecule has 1 saturated heterocycles. The third kappa shape index (κ3) is 2.78. The molecule has 130 valence electrons. The molecule has 4 aromatic rings. The molecule has 0 unspecified atom stereocenters. The van der Waals surface area contributed by atoms with Gasteiger partial charge in [-0.1, -0.05) is 12.1 Å². The largest absolute Gasteiger partial charge is 0.378 e. The van der Waals surface area contributed by atoms with Gasteiger partial charge >= 0.3 is 0 Å². The van der Waals surface area contributed by atoms with Crippen molar-refractivity contribution < 1.29 is 4.74 Å². The van der Waals surface area contributed by atoms with Crippen molar-refractivity contribution in [3.63, 3.8) is 0 Å². The van der Waals surface area contributed by atoms with Gasteiger partial charge in [-0.15, -0.1) is 5.10 Å². The van der Waals surface area contributed by atoms with E-state index in [1.54, 1.807) is 0 Å². The standard InChI is InChI=1S/C20H19N5O/c1-2-16-12-15(3-4-18(16)21-7-1)13-17-14-22-19-5-6-20(23-25(17)19)24-8-10-26-11-9-24/h1-7,12,14H,8-11,13H2. The molecule has 6 nitrogen and oxygen atoms in total. The molecule has 6 heteroatoms. The second-order valence-electron chi connectivity index (χ2n) is 6.52. The van der Waals surface area contributed by atoms with Crippen LogP contribution in [0.5, 0.6) is 0 Å². The summed E-state index contributed by atoms with van der Waals surface area (Å²) in [5, 5.41) is 5.98. The molecule has 0 saturated carbocycles. The first kappa shape index (κ1) is 15.3. The topological polar surface area (TPSA) is 55.5 Å². The predicted molar refractivity (Wildman–Crippen MR) is 101 cm³/mol. The van der Waals surface area contributed by atoms with Crippen LogP contribution in [0.4, 0.5) is 5.82 Å². The summed E-state index contributed by atoms with van der Waals surface area (Å²) < 4.78 is 7.39. The number of ether oxygens (including phenoxy) is 1. The van der Waals surface area contributed by atoms with Crippen molar-refractivity contribution in [2.24, 2.45) is 0 Å². The summed E-state index contributed by atoms with van der Waals surface area (Å²) in [6.07, 6.45) is 4.52. The second-order valence-corrected chi connectivity index (χ2v) is 6.52. The van der Waals surface area contributed by atoms with Crippen LogP contribution in [0.1, 0.15) is 11.3 Å². The van der Waals surface area contributed by atoms with Crippen LogP contribution in [-0.2, 0) is 11.2 Å². The molecule has 0 amide bonds. The Bertz CT molecular complexity index is 1070. The number of nitrogens with zero attached hydrogens (tertiary/aromatic N) is 5. The number of aromatic nitrogens is 4. The van der Waals surface area contributed by atoms with Crippen LogP contribution in [0.3, 0.4) is 0 Å². The number of anilines is 1. The molecule has 1 aromatic carbocycles. The van der Waals surface area contributed by atoms with Gasteiger partial charge < -0.3 is 9.64 Å². The molecule has 0 N–H and O–H groups in total. The molecule has 0 spiro atoms. The second kappa shape index (κ2) is 6.38. The maximum Gasteiger partial charge on any atom is 0.153 e. The van der Waals surface area contributed by atoms with Crippen molar-refractivity contribution in [3.05, 3.63) is 66.1 Å². The van der Waals surface area contributed by atoms with E-state index >= 15 is 0 Å². The van der Waals surface area contributed by atoms with E-state index in [4.69, 9.17) is 9.84 Å². The highest BCUT2D eigenvalue weighted by Gasteiger charge is 2.14. The van der Waals surface area contributed by atoms with Crippen LogP contribution < -0.4 is 4.90 Å². The van der Waals surface area contributed by atoms with Crippen LogP contribution >= 0.6 is 0 Å². The molecule has 1 fully saturated rings. The molecule has 1 aliphatic heterocycles. The first-order chi connectivity index (χ1) is 12.9. The highest BCUT2D eigenvalue weighted by atomic mass is 16.5. The van der Waals surface area contributed by atoms with E-state index < -0.39 is 0 Å². The lowest BCUT2D eigenvalue weighted by Gasteiger charge is -2.27. The number of pyridine rings is 1. The Morgan fingerprint density at radius 1 is 1.00 bits per heavy atom. The van der Waals surface area contributed by atoms with Gasteiger partial charge in [-0.05, 0) is 35.9 Å². The molecular weight excluding hydrogens is 326 g/mol. The maximum atomic E-state index is 5.44. The van der Waals surface area contributed by atoms with E-state index in [0.29, 0.717) is 0 Å². The summed E-state index contributed by atoms with van der Waals surface area (Å²) in [6, 6.07) is 14.5. The lowest BCUT2D eigenvalue weighted by atomic mass is 10.1. The summed E-state index contributed by atoms with van der Waals surface area (Å²) in [6.45, 7) is 3.25. The van der Waals surface area contributed by atoms with Crippen molar-refractivity contribution in [1.29, 1.82) is 0 Å². The molecule has 1 aliphatic rings. The number of morpholine rings is 1. The quantitative estimate of drug-likeness (QED) is 0.571. The number of fused-ring (bicyclic) bond motifs is 2. The van der Waals surface area contributed by atoms with Crippen LogP contribution in [0.15, 0.2) is 54.9 Å². The van der Waals surface area contributed by atoms with Crippen molar-refractivity contribution in [2.75, 3.05) is 31.2 Å². The van der Waals surface area contributed by atoms with Gasteiger partial charge in [0.1, 0.15) is 5.82 Å². The van der Waals surface area contributed by atoms with Gasteiger partial charge in [-0.25, -0.2) is 9.50 Å². The van der Waals surface area contributed by atoms with Crippen LogP contribution in [0.25, 0.3) is 16.6 Å². The lowest BCUT2D eigenvalue weighted by molar-refractivity contribution is 0.122. The SMILES string of the molecule is c1cnc2ccc(Cc3cnc4ccc(N5CCOCC5)nn34)cc2c1. The maximum absolute atomic E-state index is 5.44. The Morgan fingerprint density at radius 2 is 1.92 bits per heavy atom. The third-order valence-electron chi connectivity index (χ3n) is 4.81. The lowest BCUT2D eigenvalue weighted by Crippen LogP contribution is -2.37. The van der Waals surface area contributed by atoms with E-state index in [1.165, 1.54) is 5.56 Å². The van der Waals surface area contributed by atoms with Crippen molar-refractivity contribution in [2.45, 2.75) is 6.42 Å².